The van der Waals surface area contributed by atoms with Gasteiger partial charge in [0.1, 0.15) is 17.6 Å². The van der Waals surface area contributed by atoms with Crippen molar-refractivity contribution in [1.29, 1.82) is 0 Å². The number of hydrogen-bond acceptors (Lipinski definition) is 7. The number of hydrogen-bond donors (Lipinski definition) is 2. The van der Waals surface area contributed by atoms with Gasteiger partial charge in [-0.05, 0) is 18.2 Å². The van der Waals surface area contributed by atoms with Crippen LogP contribution >= 0.6 is 0 Å². The molecule has 0 aliphatic rings. The Morgan fingerprint density at radius 1 is 1.45 bits per heavy atom. The van der Waals surface area contributed by atoms with Gasteiger partial charge in [-0.3, -0.25) is 4.79 Å². The molecule has 110 valence electrons. The van der Waals surface area contributed by atoms with Crippen molar-refractivity contribution in [2.45, 2.75) is 6.10 Å². The van der Waals surface area contributed by atoms with Gasteiger partial charge in [-0.2, -0.15) is 5.01 Å². The zero-order chi connectivity index (χ0) is 15.1. The minimum atomic E-state index is -1.16. The van der Waals surface area contributed by atoms with E-state index >= 15 is 0 Å². The standard InChI is InChI=1S/C12H17N3O5/c1-19-8-3-4-11(20-2)9(5-8)10(16)7-15(14-18)12(17)6-13/h3-5,10,16H,6-7,13H2,1-2H3. The van der Waals surface area contributed by atoms with Crippen molar-refractivity contribution in [1.82, 2.24) is 5.01 Å². The molecule has 1 rings (SSSR count). The van der Waals surface area contributed by atoms with E-state index in [0.717, 1.165) is 0 Å². The summed E-state index contributed by atoms with van der Waals surface area (Å²) in [6, 6.07) is 4.83. The normalized spacial score (nSPS) is 11.6. The molecule has 0 fully saturated rings. The lowest BCUT2D eigenvalue weighted by Gasteiger charge is -2.19. The fourth-order valence-corrected chi connectivity index (χ4v) is 1.65. The molecule has 1 unspecified atom stereocenters. The molecule has 20 heavy (non-hydrogen) atoms. The zero-order valence-electron chi connectivity index (χ0n) is 11.3. The van der Waals surface area contributed by atoms with E-state index in [2.05, 4.69) is 5.29 Å². The first-order chi connectivity index (χ1) is 9.57. The summed E-state index contributed by atoms with van der Waals surface area (Å²) in [7, 11) is 2.92. The average Bonchev–Trinajstić information content (AvgIpc) is 2.50. The molecule has 0 spiro atoms. The number of nitrogens with zero attached hydrogens (tertiary/aromatic N) is 2. The minimum Gasteiger partial charge on any atom is -0.497 e. The molecule has 0 aromatic heterocycles. The summed E-state index contributed by atoms with van der Waals surface area (Å²) in [6.07, 6.45) is -1.16. The number of aliphatic hydroxyl groups is 1. The van der Waals surface area contributed by atoms with E-state index in [1.807, 2.05) is 0 Å². The molecule has 0 heterocycles. The van der Waals surface area contributed by atoms with Gasteiger partial charge in [0, 0.05) is 5.56 Å². The monoisotopic (exact) mass is 283 g/mol. The van der Waals surface area contributed by atoms with Gasteiger partial charge in [0.2, 0.25) is 0 Å². The molecular weight excluding hydrogens is 266 g/mol. The van der Waals surface area contributed by atoms with Crippen molar-refractivity contribution >= 4 is 5.91 Å². The molecule has 0 saturated heterocycles. The van der Waals surface area contributed by atoms with Gasteiger partial charge >= 0.3 is 0 Å². The molecule has 0 saturated carbocycles. The number of nitroso groups, excluding NO2 is 1. The predicted molar refractivity (Wildman–Crippen MR) is 71.1 cm³/mol. The fraction of sp³-hybridized carbons (Fsp3) is 0.417. The van der Waals surface area contributed by atoms with Crippen LogP contribution in [0.5, 0.6) is 11.5 Å². The second-order valence-electron chi connectivity index (χ2n) is 3.89. The Morgan fingerprint density at radius 2 is 2.15 bits per heavy atom. The second kappa shape index (κ2) is 7.41. The van der Waals surface area contributed by atoms with Crippen molar-refractivity contribution in [2.24, 2.45) is 11.0 Å². The quantitative estimate of drug-likeness (QED) is 0.546. The molecule has 1 aromatic rings. The van der Waals surface area contributed by atoms with Gasteiger partial charge in [0.15, 0.2) is 0 Å². The summed E-state index contributed by atoms with van der Waals surface area (Å²) in [5, 5.41) is 13.2. The Kier molecular flexibility index (Phi) is 5.88. The summed E-state index contributed by atoms with van der Waals surface area (Å²) < 4.78 is 10.2. The van der Waals surface area contributed by atoms with Gasteiger partial charge in [-0.15, -0.1) is 4.91 Å². The van der Waals surface area contributed by atoms with E-state index in [4.69, 9.17) is 15.2 Å². The number of aliphatic hydroxyl groups excluding tert-OH is 1. The maximum atomic E-state index is 11.3. The minimum absolute atomic E-state index is 0.316. The molecular formula is C12H17N3O5. The Balaban J connectivity index is 2.97. The summed E-state index contributed by atoms with van der Waals surface area (Å²) in [5.74, 6) is 0.237. The van der Waals surface area contributed by atoms with E-state index in [0.29, 0.717) is 22.1 Å². The Labute approximate surface area is 116 Å². The SMILES string of the molecule is COc1ccc(OC)c(C(O)CN(N=O)C(=O)CN)c1. The second-order valence-corrected chi connectivity index (χ2v) is 3.89. The maximum Gasteiger partial charge on any atom is 0.259 e. The van der Waals surface area contributed by atoms with E-state index in [1.54, 1.807) is 18.2 Å². The molecule has 8 heteroatoms. The topological polar surface area (TPSA) is 114 Å². The van der Waals surface area contributed by atoms with E-state index in [9.17, 15) is 14.8 Å². The molecule has 3 N–H and O–H groups in total. The van der Waals surface area contributed by atoms with Gasteiger partial charge in [0.25, 0.3) is 5.91 Å². The number of carbonyl (C=O) groups is 1. The van der Waals surface area contributed by atoms with Crippen LogP contribution in [0, 0.1) is 4.91 Å². The van der Waals surface area contributed by atoms with Crippen LogP contribution in [0.15, 0.2) is 23.5 Å². The van der Waals surface area contributed by atoms with Crippen LogP contribution < -0.4 is 15.2 Å². The van der Waals surface area contributed by atoms with Crippen LogP contribution in [0.1, 0.15) is 11.7 Å². The van der Waals surface area contributed by atoms with E-state index in [1.165, 1.54) is 14.2 Å². The van der Waals surface area contributed by atoms with Crippen LogP contribution in [0.25, 0.3) is 0 Å². The van der Waals surface area contributed by atoms with Crippen molar-refractivity contribution in [3.8, 4) is 11.5 Å². The Morgan fingerprint density at radius 3 is 2.65 bits per heavy atom. The molecule has 1 amide bonds. The lowest BCUT2D eigenvalue weighted by Crippen LogP contribution is -2.34. The first kappa shape index (κ1) is 15.9. The lowest BCUT2D eigenvalue weighted by molar-refractivity contribution is -0.131. The van der Waals surface area contributed by atoms with Crippen molar-refractivity contribution in [3.05, 3.63) is 28.7 Å². The summed E-state index contributed by atoms with van der Waals surface area (Å²) in [4.78, 5) is 21.9. The number of nitrogens with two attached hydrogens (primary N) is 1. The van der Waals surface area contributed by atoms with Crippen molar-refractivity contribution < 1.29 is 19.4 Å². The highest BCUT2D eigenvalue weighted by atomic mass is 16.5. The van der Waals surface area contributed by atoms with E-state index in [-0.39, 0.29) is 13.1 Å². The summed E-state index contributed by atoms with van der Waals surface area (Å²) >= 11 is 0. The third-order valence-electron chi connectivity index (χ3n) is 2.70. The molecule has 1 atom stereocenters. The summed E-state index contributed by atoms with van der Waals surface area (Å²) in [5.41, 5.74) is 5.53. The predicted octanol–water partition coefficient (Wildman–Crippen LogP) is 0.206. The Bertz CT molecular complexity index is 480. The smallest absolute Gasteiger partial charge is 0.259 e. The summed E-state index contributed by atoms with van der Waals surface area (Å²) in [6.45, 7) is -0.684. The molecule has 0 radical (unpaired) electrons. The van der Waals surface area contributed by atoms with Gasteiger partial charge in [-0.1, -0.05) is 0 Å². The molecule has 0 bridgehead atoms. The van der Waals surface area contributed by atoms with Gasteiger partial charge in [0.05, 0.1) is 32.6 Å². The van der Waals surface area contributed by atoms with Crippen molar-refractivity contribution in [3.63, 3.8) is 0 Å². The highest BCUT2D eigenvalue weighted by Gasteiger charge is 2.21. The third kappa shape index (κ3) is 3.65. The van der Waals surface area contributed by atoms with Crippen LogP contribution in [-0.2, 0) is 4.79 Å². The zero-order valence-corrected chi connectivity index (χ0v) is 11.3. The number of methoxy groups -OCH3 is 2. The number of ether oxygens (including phenoxy) is 2. The number of rotatable bonds is 7. The molecule has 0 aliphatic heterocycles. The molecule has 0 aliphatic carbocycles. The fourth-order valence-electron chi connectivity index (χ4n) is 1.65. The van der Waals surface area contributed by atoms with Crippen LogP contribution in [-0.4, -0.2) is 43.3 Å². The first-order valence-electron chi connectivity index (χ1n) is 5.81. The number of benzene rings is 1. The molecule has 1 aromatic carbocycles. The van der Waals surface area contributed by atoms with Crippen molar-refractivity contribution in [2.75, 3.05) is 27.3 Å². The third-order valence-corrected chi connectivity index (χ3v) is 2.70. The number of amides is 1. The van der Waals surface area contributed by atoms with Gasteiger partial charge < -0.3 is 20.3 Å². The maximum absolute atomic E-state index is 11.3. The highest BCUT2D eigenvalue weighted by Crippen LogP contribution is 2.29. The average molecular weight is 283 g/mol. The highest BCUT2D eigenvalue weighted by molar-refractivity contribution is 5.77. The number of carbonyl (C=O) groups excluding carboxylic acids is 1. The van der Waals surface area contributed by atoms with Crippen LogP contribution in [0.3, 0.4) is 0 Å². The Hall–Kier alpha value is -2.19. The largest absolute Gasteiger partial charge is 0.497 e. The molecule has 8 nitrogen and oxygen atoms in total. The first-order valence-corrected chi connectivity index (χ1v) is 5.81. The lowest BCUT2D eigenvalue weighted by atomic mass is 10.1. The van der Waals surface area contributed by atoms with E-state index < -0.39 is 12.0 Å². The van der Waals surface area contributed by atoms with Crippen LogP contribution in [0.4, 0.5) is 0 Å². The van der Waals surface area contributed by atoms with Gasteiger partial charge in [-0.25, -0.2) is 0 Å². The van der Waals surface area contributed by atoms with Crippen LogP contribution in [0.2, 0.25) is 0 Å².